The maximum Gasteiger partial charge on any atom is 0.326 e. The Bertz CT molecular complexity index is 396. The lowest BCUT2D eigenvalue weighted by Gasteiger charge is -2.24. The average molecular weight is 300 g/mol. The van der Waals surface area contributed by atoms with E-state index in [9.17, 15) is 14.9 Å². The number of carbonyl (C=O) groups excluding carboxylic acids is 2. The quantitative estimate of drug-likeness (QED) is 0.653. The van der Waals surface area contributed by atoms with Gasteiger partial charge in [-0.1, -0.05) is 0 Å². The topological polar surface area (TPSA) is 79.6 Å². The standard InChI is InChI=1S/C13H20N2O4S/c1-4-15-11(16)10(8-18-5-2)20-12(15)9(7-14)13(17)19-6-3/h9-10,12H,4-6,8H2,1-3H3. The predicted molar refractivity (Wildman–Crippen MR) is 74.8 cm³/mol. The van der Waals surface area contributed by atoms with E-state index >= 15 is 0 Å². The second-order valence-electron chi connectivity index (χ2n) is 4.16. The molecule has 0 aliphatic carbocycles. The van der Waals surface area contributed by atoms with E-state index in [0.29, 0.717) is 19.8 Å². The zero-order valence-electron chi connectivity index (χ0n) is 12.0. The van der Waals surface area contributed by atoms with E-state index in [1.165, 1.54) is 11.8 Å². The maximum atomic E-state index is 12.2. The zero-order chi connectivity index (χ0) is 15.1. The fourth-order valence-electron chi connectivity index (χ4n) is 2.01. The second kappa shape index (κ2) is 8.12. The Morgan fingerprint density at radius 3 is 2.65 bits per heavy atom. The summed E-state index contributed by atoms with van der Waals surface area (Å²) >= 11 is 1.31. The molecule has 7 heteroatoms. The van der Waals surface area contributed by atoms with Crippen molar-refractivity contribution in [1.29, 1.82) is 5.26 Å². The van der Waals surface area contributed by atoms with Crippen molar-refractivity contribution in [2.24, 2.45) is 5.92 Å². The first-order valence-electron chi connectivity index (χ1n) is 6.70. The number of hydrogen-bond donors (Lipinski definition) is 0. The van der Waals surface area contributed by atoms with Crippen molar-refractivity contribution in [3.63, 3.8) is 0 Å². The van der Waals surface area contributed by atoms with Crippen molar-refractivity contribution >= 4 is 23.6 Å². The highest BCUT2D eigenvalue weighted by molar-refractivity contribution is 8.01. The smallest absolute Gasteiger partial charge is 0.326 e. The monoisotopic (exact) mass is 300 g/mol. The van der Waals surface area contributed by atoms with Crippen LogP contribution in [0.3, 0.4) is 0 Å². The lowest BCUT2D eigenvalue weighted by molar-refractivity contribution is -0.147. The van der Waals surface area contributed by atoms with Crippen LogP contribution in [0.25, 0.3) is 0 Å². The number of nitriles is 1. The highest BCUT2D eigenvalue weighted by Gasteiger charge is 2.46. The Morgan fingerprint density at radius 1 is 1.45 bits per heavy atom. The molecule has 0 bridgehead atoms. The van der Waals surface area contributed by atoms with E-state index in [-0.39, 0.29) is 17.8 Å². The molecule has 0 aromatic rings. The molecule has 0 N–H and O–H groups in total. The van der Waals surface area contributed by atoms with Gasteiger partial charge in [0.1, 0.15) is 10.6 Å². The van der Waals surface area contributed by atoms with E-state index in [1.807, 2.05) is 19.9 Å². The first kappa shape index (κ1) is 16.8. The zero-order valence-corrected chi connectivity index (χ0v) is 12.8. The molecule has 1 heterocycles. The van der Waals surface area contributed by atoms with E-state index < -0.39 is 17.3 Å². The van der Waals surface area contributed by atoms with Gasteiger partial charge in [-0.05, 0) is 20.8 Å². The second-order valence-corrected chi connectivity index (χ2v) is 5.48. The Balaban J connectivity index is 2.84. The van der Waals surface area contributed by atoms with Crippen molar-refractivity contribution in [3.05, 3.63) is 0 Å². The third kappa shape index (κ3) is 3.64. The minimum Gasteiger partial charge on any atom is -0.465 e. The van der Waals surface area contributed by atoms with Crippen LogP contribution in [0.2, 0.25) is 0 Å². The van der Waals surface area contributed by atoms with Gasteiger partial charge in [-0.3, -0.25) is 9.59 Å². The first-order valence-corrected chi connectivity index (χ1v) is 7.64. The summed E-state index contributed by atoms with van der Waals surface area (Å²) in [6, 6.07) is 1.96. The van der Waals surface area contributed by atoms with Crippen LogP contribution in [0.15, 0.2) is 0 Å². The fourth-order valence-corrected chi connectivity index (χ4v) is 3.50. The van der Waals surface area contributed by atoms with E-state index in [1.54, 1.807) is 11.8 Å². The number of carbonyl (C=O) groups is 2. The number of esters is 1. The van der Waals surface area contributed by atoms with Gasteiger partial charge < -0.3 is 14.4 Å². The van der Waals surface area contributed by atoms with Gasteiger partial charge in [-0.15, -0.1) is 11.8 Å². The molecule has 1 fully saturated rings. The molecule has 1 rings (SSSR count). The molecule has 6 nitrogen and oxygen atoms in total. The van der Waals surface area contributed by atoms with Crippen LogP contribution < -0.4 is 0 Å². The van der Waals surface area contributed by atoms with Crippen molar-refractivity contribution in [3.8, 4) is 6.07 Å². The van der Waals surface area contributed by atoms with Crippen LogP contribution >= 0.6 is 11.8 Å². The summed E-state index contributed by atoms with van der Waals surface area (Å²) in [4.78, 5) is 25.6. The van der Waals surface area contributed by atoms with E-state index in [4.69, 9.17) is 9.47 Å². The van der Waals surface area contributed by atoms with Crippen LogP contribution in [0, 0.1) is 17.2 Å². The molecule has 112 valence electrons. The summed E-state index contributed by atoms with van der Waals surface area (Å²) in [6.45, 7) is 6.88. The third-order valence-corrected chi connectivity index (χ3v) is 4.42. The van der Waals surface area contributed by atoms with Gasteiger partial charge in [0.2, 0.25) is 5.91 Å². The molecule has 20 heavy (non-hydrogen) atoms. The molecular weight excluding hydrogens is 280 g/mol. The minimum absolute atomic E-state index is 0.0829. The summed E-state index contributed by atoms with van der Waals surface area (Å²) in [6.07, 6.45) is 0. The van der Waals surface area contributed by atoms with Crippen molar-refractivity contribution in [1.82, 2.24) is 4.90 Å². The first-order chi connectivity index (χ1) is 9.60. The number of thioether (sulfide) groups is 1. The van der Waals surface area contributed by atoms with E-state index in [2.05, 4.69) is 0 Å². The van der Waals surface area contributed by atoms with Crippen molar-refractivity contribution < 1.29 is 19.1 Å². The summed E-state index contributed by atoms with van der Waals surface area (Å²) in [5.74, 6) is -1.62. The Hall–Kier alpha value is -1.26. The number of ether oxygens (including phenoxy) is 2. The number of hydrogen-bond acceptors (Lipinski definition) is 6. The predicted octanol–water partition coefficient (Wildman–Crippen LogP) is 1.02. The molecule has 0 aromatic carbocycles. The molecule has 0 spiro atoms. The van der Waals surface area contributed by atoms with Gasteiger partial charge in [-0.25, -0.2) is 0 Å². The van der Waals surface area contributed by atoms with Crippen LogP contribution in [0.5, 0.6) is 0 Å². The Labute approximate surface area is 123 Å². The number of nitrogens with zero attached hydrogens (tertiary/aromatic N) is 2. The number of amides is 1. The van der Waals surface area contributed by atoms with Gasteiger partial charge in [0, 0.05) is 13.2 Å². The van der Waals surface area contributed by atoms with Crippen molar-refractivity contribution in [2.75, 3.05) is 26.4 Å². The third-order valence-electron chi connectivity index (χ3n) is 2.95. The van der Waals surface area contributed by atoms with Gasteiger partial charge in [0.05, 0.1) is 19.3 Å². The van der Waals surface area contributed by atoms with Crippen LogP contribution in [0.4, 0.5) is 0 Å². The molecule has 1 aliphatic rings. The summed E-state index contributed by atoms with van der Waals surface area (Å²) in [7, 11) is 0. The largest absolute Gasteiger partial charge is 0.465 e. The van der Waals surface area contributed by atoms with Crippen LogP contribution in [0.1, 0.15) is 20.8 Å². The molecule has 0 radical (unpaired) electrons. The van der Waals surface area contributed by atoms with Crippen LogP contribution in [-0.4, -0.2) is 53.8 Å². The lowest BCUT2D eigenvalue weighted by Crippen LogP contribution is -2.41. The maximum absolute atomic E-state index is 12.2. The van der Waals surface area contributed by atoms with Crippen molar-refractivity contribution in [2.45, 2.75) is 31.4 Å². The fraction of sp³-hybridized carbons (Fsp3) is 0.769. The van der Waals surface area contributed by atoms with Gasteiger partial charge in [0.25, 0.3) is 0 Å². The highest BCUT2D eigenvalue weighted by Crippen LogP contribution is 2.36. The molecule has 1 aliphatic heterocycles. The van der Waals surface area contributed by atoms with Crippen LogP contribution in [-0.2, 0) is 19.1 Å². The molecule has 1 amide bonds. The molecule has 3 unspecified atom stereocenters. The molecule has 0 saturated carbocycles. The van der Waals surface area contributed by atoms with Gasteiger partial charge in [0.15, 0.2) is 5.92 Å². The molecule has 0 aromatic heterocycles. The highest BCUT2D eigenvalue weighted by atomic mass is 32.2. The van der Waals surface area contributed by atoms with Gasteiger partial charge in [-0.2, -0.15) is 5.26 Å². The van der Waals surface area contributed by atoms with E-state index in [0.717, 1.165) is 0 Å². The molecular formula is C13H20N2O4S. The number of rotatable bonds is 7. The molecule has 3 atom stereocenters. The lowest BCUT2D eigenvalue weighted by atomic mass is 10.1. The summed E-state index contributed by atoms with van der Waals surface area (Å²) in [5.41, 5.74) is 0. The van der Waals surface area contributed by atoms with Gasteiger partial charge >= 0.3 is 5.97 Å². The Kier molecular flexibility index (Phi) is 6.82. The molecule has 1 saturated heterocycles. The summed E-state index contributed by atoms with van der Waals surface area (Å²) < 4.78 is 10.2. The summed E-state index contributed by atoms with van der Waals surface area (Å²) in [5, 5.41) is 8.36. The normalized spacial score (nSPS) is 23.5. The average Bonchev–Trinajstić information content (AvgIpc) is 2.74. The Morgan fingerprint density at radius 2 is 2.15 bits per heavy atom. The SMILES string of the molecule is CCOCC1SC(C(C#N)C(=O)OCC)N(CC)C1=O. The minimum atomic E-state index is -0.963.